The Morgan fingerprint density at radius 1 is 1.15 bits per heavy atom. The van der Waals surface area contributed by atoms with Crippen LogP contribution in [0.1, 0.15) is 24.3 Å². The molecule has 20 heavy (non-hydrogen) atoms. The van der Waals surface area contributed by atoms with E-state index < -0.39 is 0 Å². The molecule has 0 atom stereocenters. The van der Waals surface area contributed by atoms with Crippen molar-refractivity contribution in [3.8, 4) is 0 Å². The molecule has 0 amide bonds. The molecule has 2 aromatic heterocycles. The summed E-state index contributed by atoms with van der Waals surface area (Å²) >= 11 is 6.19. The molecule has 1 aromatic carbocycles. The third-order valence-corrected chi connectivity index (χ3v) is 4.46. The van der Waals surface area contributed by atoms with Gasteiger partial charge in [-0.2, -0.15) is 0 Å². The summed E-state index contributed by atoms with van der Waals surface area (Å²) in [6, 6.07) is 6.60. The molecule has 4 rings (SSSR count). The molecule has 0 saturated carbocycles. The van der Waals surface area contributed by atoms with Crippen molar-refractivity contribution in [3.05, 3.63) is 35.2 Å². The van der Waals surface area contributed by atoms with Crippen molar-refractivity contribution in [1.82, 2.24) is 20.3 Å². The molecule has 2 N–H and O–H groups in total. The van der Waals surface area contributed by atoms with E-state index in [0.29, 0.717) is 11.1 Å². The highest BCUT2D eigenvalue weighted by molar-refractivity contribution is 6.36. The van der Waals surface area contributed by atoms with Gasteiger partial charge in [-0.15, -0.1) is 0 Å². The number of aromatic nitrogens is 3. The lowest BCUT2D eigenvalue weighted by atomic mass is 9.90. The number of hydrogen-bond donors (Lipinski definition) is 2. The van der Waals surface area contributed by atoms with E-state index in [1.165, 1.54) is 24.7 Å². The van der Waals surface area contributed by atoms with Crippen molar-refractivity contribution in [1.29, 1.82) is 0 Å². The lowest BCUT2D eigenvalue weighted by molar-refractivity contribution is 0.460. The second-order valence-electron chi connectivity index (χ2n) is 5.34. The average molecular weight is 287 g/mol. The molecular formula is C15H15ClN4. The van der Waals surface area contributed by atoms with Crippen molar-refractivity contribution >= 4 is 33.5 Å². The number of piperidine rings is 1. The lowest BCUT2D eigenvalue weighted by Gasteiger charge is -2.22. The predicted molar refractivity (Wildman–Crippen MR) is 81.2 cm³/mol. The number of hydrogen-bond acceptors (Lipinski definition) is 3. The van der Waals surface area contributed by atoms with Crippen LogP contribution in [-0.2, 0) is 0 Å². The Bertz CT molecular complexity index is 774. The van der Waals surface area contributed by atoms with Crippen molar-refractivity contribution < 1.29 is 0 Å². The van der Waals surface area contributed by atoms with Crippen LogP contribution in [0.15, 0.2) is 24.5 Å². The summed E-state index contributed by atoms with van der Waals surface area (Å²) in [7, 11) is 0. The molecule has 0 aliphatic carbocycles. The summed E-state index contributed by atoms with van der Waals surface area (Å²) in [6.07, 6.45) is 3.90. The van der Waals surface area contributed by atoms with Crippen LogP contribution in [0.25, 0.3) is 21.9 Å². The molecule has 0 spiro atoms. The highest BCUT2D eigenvalue weighted by Gasteiger charge is 2.17. The third-order valence-electron chi connectivity index (χ3n) is 4.18. The normalized spacial score (nSPS) is 17.1. The third kappa shape index (κ3) is 1.87. The molecule has 0 unspecified atom stereocenters. The summed E-state index contributed by atoms with van der Waals surface area (Å²) in [4.78, 5) is 11.7. The van der Waals surface area contributed by atoms with Crippen LogP contribution >= 0.6 is 11.6 Å². The van der Waals surface area contributed by atoms with Crippen LogP contribution in [0.5, 0.6) is 0 Å². The van der Waals surface area contributed by atoms with Gasteiger partial charge in [0.1, 0.15) is 17.1 Å². The van der Waals surface area contributed by atoms with Gasteiger partial charge < -0.3 is 10.3 Å². The van der Waals surface area contributed by atoms with Gasteiger partial charge in [-0.1, -0.05) is 23.7 Å². The highest BCUT2D eigenvalue weighted by atomic mass is 35.5. The van der Waals surface area contributed by atoms with Gasteiger partial charge in [0, 0.05) is 10.9 Å². The molecular weight excluding hydrogens is 272 g/mol. The number of fused-ring (bicyclic) bond motifs is 3. The molecule has 3 heterocycles. The molecule has 1 saturated heterocycles. The predicted octanol–water partition coefficient (Wildman–Crippen LogP) is 3.23. The quantitative estimate of drug-likeness (QED) is 0.675. The molecule has 4 nitrogen and oxygen atoms in total. The molecule has 1 fully saturated rings. The van der Waals surface area contributed by atoms with Crippen molar-refractivity contribution in [2.45, 2.75) is 18.8 Å². The first-order valence-electron chi connectivity index (χ1n) is 6.95. The minimum absolute atomic E-state index is 0.510. The second kappa shape index (κ2) is 4.72. The van der Waals surface area contributed by atoms with Gasteiger partial charge in [-0.05, 0) is 43.5 Å². The first kappa shape index (κ1) is 12.1. The van der Waals surface area contributed by atoms with Gasteiger partial charge in [0.05, 0.1) is 5.39 Å². The van der Waals surface area contributed by atoms with Gasteiger partial charge in [0.2, 0.25) is 0 Å². The zero-order valence-corrected chi connectivity index (χ0v) is 11.7. The van der Waals surface area contributed by atoms with Crippen LogP contribution in [-0.4, -0.2) is 28.0 Å². The molecule has 0 radical (unpaired) electrons. The minimum atomic E-state index is 0.510. The fraction of sp³-hybridized carbons (Fsp3) is 0.333. The summed E-state index contributed by atoms with van der Waals surface area (Å²) < 4.78 is 0. The zero-order valence-electron chi connectivity index (χ0n) is 11.0. The fourth-order valence-corrected chi connectivity index (χ4v) is 3.35. The number of nitrogens with zero attached hydrogens (tertiary/aromatic N) is 2. The maximum atomic E-state index is 6.19. The van der Waals surface area contributed by atoms with Gasteiger partial charge in [-0.3, -0.25) is 0 Å². The molecule has 3 aromatic rings. The van der Waals surface area contributed by atoms with Crippen LogP contribution in [0.4, 0.5) is 0 Å². The average Bonchev–Trinajstić information content (AvgIpc) is 2.87. The lowest BCUT2D eigenvalue weighted by Crippen LogP contribution is -2.26. The van der Waals surface area contributed by atoms with Crippen molar-refractivity contribution in [2.75, 3.05) is 13.1 Å². The van der Waals surface area contributed by atoms with Crippen LogP contribution < -0.4 is 5.32 Å². The number of aromatic amines is 1. The van der Waals surface area contributed by atoms with Crippen LogP contribution in [0, 0.1) is 0 Å². The highest BCUT2D eigenvalue weighted by Crippen LogP contribution is 2.32. The van der Waals surface area contributed by atoms with Crippen LogP contribution in [0.3, 0.4) is 0 Å². The fourth-order valence-electron chi connectivity index (χ4n) is 3.12. The van der Waals surface area contributed by atoms with Crippen LogP contribution in [0.2, 0.25) is 5.15 Å². The SMILES string of the molecule is Clc1ncnc2[nH]c3cc(C4CCNCC4)ccc3c12. The second-order valence-corrected chi connectivity index (χ2v) is 5.70. The molecule has 0 bridgehead atoms. The van der Waals surface area contributed by atoms with E-state index in [0.717, 1.165) is 35.0 Å². The number of H-pyrrole nitrogens is 1. The van der Waals surface area contributed by atoms with E-state index in [1.807, 2.05) is 0 Å². The number of halogens is 1. The summed E-state index contributed by atoms with van der Waals surface area (Å²) in [6.45, 7) is 2.21. The van der Waals surface area contributed by atoms with Gasteiger partial charge in [0.15, 0.2) is 0 Å². The van der Waals surface area contributed by atoms with Gasteiger partial charge in [0.25, 0.3) is 0 Å². The van der Waals surface area contributed by atoms with E-state index in [9.17, 15) is 0 Å². The first-order valence-corrected chi connectivity index (χ1v) is 7.33. The molecule has 1 aliphatic heterocycles. The number of nitrogens with one attached hydrogen (secondary N) is 2. The van der Waals surface area contributed by atoms with E-state index in [2.05, 4.69) is 38.5 Å². The molecule has 5 heteroatoms. The van der Waals surface area contributed by atoms with Crippen molar-refractivity contribution in [3.63, 3.8) is 0 Å². The summed E-state index contributed by atoms with van der Waals surface area (Å²) in [5.74, 6) is 0.647. The maximum Gasteiger partial charge on any atom is 0.143 e. The Hall–Kier alpha value is -1.65. The maximum absolute atomic E-state index is 6.19. The Kier molecular flexibility index (Phi) is 2.86. The van der Waals surface area contributed by atoms with E-state index in [1.54, 1.807) is 0 Å². The van der Waals surface area contributed by atoms with E-state index in [4.69, 9.17) is 11.6 Å². The smallest absolute Gasteiger partial charge is 0.143 e. The number of rotatable bonds is 1. The van der Waals surface area contributed by atoms with Gasteiger partial charge in [-0.25, -0.2) is 9.97 Å². The zero-order chi connectivity index (χ0) is 13.5. The van der Waals surface area contributed by atoms with E-state index >= 15 is 0 Å². The Balaban J connectivity index is 1.87. The number of benzene rings is 1. The monoisotopic (exact) mass is 286 g/mol. The molecule has 102 valence electrons. The Labute approximate surface area is 121 Å². The largest absolute Gasteiger partial charge is 0.339 e. The van der Waals surface area contributed by atoms with Gasteiger partial charge >= 0.3 is 0 Å². The summed E-state index contributed by atoms with van der Waals surface area (Å²) in [5, 5.41) is 5.94. The standard InChI is InChI=1S/C15H15ClN4/c16-14-13-11-2-1-10(9-3-5-17-6-4-9)7-12(11)20-15(13)19-8-18-14/h1-2,7-9,17H,3-6H2,(H,18,19,20). The molecule has 1 aliphatic rings. The summed E-state index contributed by atoms with van der Waals surface area (Å²) in [5.41, 5.74) is 3.30. The Morgan fingerprint density at radius 3 is 2.85 bits per heavy atom. The van der Waals surface area contributed by atoms with Crippen molar-refractivity contribution in [2.24, 2.45) is 0 Å². The minimum Gasteiger partial charge on any atom is -0.339 e. The van der Waals surface area contributed by atoms with E-state index in [-0.39, 0.29) is 0 Å². The first-order chi connectivity index (χ1) is 9.83. The Morgan fingerprint density at radius 2 is 2.00 bits per heavy atom. The topological polar surface area (TPSA) is 53.6 Å².